The summed E-state index contributed by atoms with van der Waals surface area (Å²) >= 11 is 0. The van der Waals surface area contributed by atoms with E-state index in [1.807, 2.05) is 5.32 Å². The number of amides is 2. The first-order chi connectivity index (χ1) is 11.1. The molecular weight excluding hydrogens is 338 g/mol. The Labute approximate surface area is 135 Å². The van der Waals surface area contributed by atoms with E-state index >= 15 is 0 Å². The van der Waals surface area contributed by atoms with E-state index in [1.165, 1.54) is 19.1 Å². The van der Waals surface area contributed by atoms with Crippen LogP contribution in [0, 0.1) is 6.92 Å². The second-order valence-corrected chi connectivity index (χ2v) is 6.59. The quantitative estimate of drug-likeness (QED) is 0.504. The molecule has 1 aliphatic rings. The maximum atomic E-state index is 12.3. The standard InChI is InChI=1S/C14H11N3O6S/c1-6-4-7(2-3-9(6)24(21,22)23)17-10(18)5-8-11(12(17)15)14(20)16-13(8)19/h2-5H,15H2,1H3,(H,16,19,20)(H,21,22,23). The SMILES string of the molecule is Cc1cc(-n2c(N)c3c(cc2=O)C(=O)NC3=O)ccc1S(=O)(=O)O. The maximum absolute atomic E-state index is 12.3. The van der Waals surface area contributed by atoms with E-state index in [-0.39, 0.29) is 33.1 Å². The highest BCUT2D eigenvalue weighted by Gasteiger charge is 2.31. The van der Waals surface area contributed by atoms with Crippen LogP contribution < -0.4 is 16.6 Å². The van der Waals surface area contributed by atoms with Gasteiger partial charge in [-0.3, -0.25) is 28.8 Å². The average molecular weight is 349 g/mol. The lowest BCUT2D eigenvalue weighted by atomic mass is 10.1. The molecule has 0 bridgehead atoms. The predicted molar refractivity (Wildman–Crippen MR) is 82.8 cm³/mol. The van der Waals surface area contributed by atoms with Gasteiger partial charge in [-0.15, -0.1) is 0 Å². The Kier molecular flexibility index (Phi) is 3.32. The second-order valence-electron chi connectivity index (χ2n) is 5.20. The lowest BCUT2D eigenvalue weighted by molar-refractivity contribution is 0.0880. The fraction of sp³-hybridized carbons (Fsp3) is 0.0714. The number of carbonyl (C=O) groups excluding carboxylic acids is 2. The van der Waals surface area contributed by atoms with Gasteiger partial charge in [-0.1, -0.05) is 0 Å². The van der Waals surface area contributed by atoms with Gasteiger partial charge in [0.25, 0.3) is 27.5 Å². The van der Waals surface area contributed by atoms with E-state index in [9.17, 15) is 22.8 Å². The van der Waals surface area contributed by atoms with Crippen LogP contribution in [-0.2, 0) is 10.1 Å². The van der Waals surface area contributed by atoms with Crippen LogP contribution >= 0.6 is 0 Å². The van der Waals surface area contributed by atoms with Gasteiger partial charge in [0, 0.05) is 6.07 Å². The molecule has 0 radical (unpaired) electrons. The smallest absolute Gasteiger partial charge is 0.294 e. The first-order valence-corrected chi connectivity index (χ1v) is 8.05. The zero-order valence-electron chi connectivity index (χ0n) is 12.2. The Morgan fingerprint density at radius 3 is 2.38 bits per heavy atom. The van der Waals surface area contributed by atoms with E-state index in [0.29, 0.717) is 0 Å². The number of carbonyl (C=O) groups is 2. The summed E-state index contributed by atoms with van der Waals surface area (Å²) in [5.74, 6) is -1.66. The topological polar surface area (TPSA) is 149 Å². The third-order valence-corrected chi connectivity index (χ3v) is 4.66. The normalized spacial score (nSPS) is 13.8. The van der Waals surface area contributed by atoms with Crippen LogP contribution in [0.5, 0.6) is 0 Å². The summed E-state index contributed by atoms with van der Waals surface area (Å²) in [4.78, 5) is 35.4. The number of rotatable bonds is 2. The third-order valence-electron chi connectivity index (χ3n) is 3.65. The molecule has 0 unspecified atom stereocenters. The van der Waals surface area contributed by atoms with Crippen molar-refractivity contribution in [2.45, 2.75) is 11.8 Å². The molecule has 2 amide bonds. The molecule has 0 saturated heterocycles. The zero-order valence-corrected chi connectivity index (χ0v) is 13.0. The number of nitrogens with one attached hydrogen (secondary N) is 1. The van der Waals surface area contributed by atoms with Crippen LogP contribution in [-0.4, -0.2) is 29.4 Å². The Morgan fingerprint density at radius 1 is 1.12 bits per heavy atom. The number of anilines is 1. The van der Waals surface area contributed by atoms with Crippen molar-refractivity contribution in [1.82, 2.24) is 9.88 Å². The summed E-state index contributed by atoms with van der Waals surface area (Å²) in [6.07, 6.45) is 0. The zero-order chi connectivity index (χ0) is 17.8. The number of aryl methyl sites for hydroxylation is 1. The molecule has 1 aromatic heterocycles. The predicted octanol–water partition coefficient (Wildman–Crippen LogP) is -0.142. The van der Waals surface area contributed by atoms with Gasteiger partial charge in [0.15, 0.2) is 0 Å². The molecule has 24 heavy (non-hydrogen) atoms. The van der Waals surface area contributed by atoms with Crippen LogP contribution in [0.25, 0.3) is 5.69 Å². The number of nitrogens with two attached hydrogens (primary N) is 1. The van der Waals surface area contributed by atoms with Gasteiger partial charge in [0.05, 0.1) is 21.7 Å². The van der Waals surface area contributed by atoms with Crippen molar-refractivity contribution in [3.8, 4) is 5.69 Å². The third kappa shape index (κ3) is 2.28. The highest BCUT2D eigenvalue weighted by molar-refractivity contribution is 7.85. The van der Waals surface area contributed by atoms with Crippen LogP contribution in [0.4, 0.5) is 5.82 Å². The number of nitrogens with zero attached hydrogens (tertiary/aromatic N) is 1. The van der Waals surface area contributed by atoms with Crippen molar-refractivity contribution in [1.29, 1.82) is 0 Å². The van der Waals surface area contributed by atoms with Crippen molar-refractivity contribution in [3.05, 3.63) is 51.3 Å². The molecule has 4 N–H and O–H groups in total. The van der Waals surface area contributed by atoms with Gasteiger partial charge in [-0.05, 0) is 30.7 Å². The summed E-state index contributed by atoms with van der Waals surface area (Å²) in [5, 5.41) is 2.05. The number of fused-ring (bicyclic) bond motifs is 1. The van der Waals surface area contributed by atoms with Crippen LogP contribution in [0.2, 0.25) is 0 Å². The summed E-state index contributed by atoms with van der Waals surface area (Å²) in [7, 11) is -4.41. The minimum Gasteiger partial charge on any atom is -0.384 e. The van der Waals surface area contributed by atoms with Crippen LogP contribution in [0.1, 0.15) is 26.3 Å². The van der Waals surface area contributed by atoms with Gasteiger partial charge in [0.2, 0.25) is 0 Å². The molecule has 0 atom stereocenters. The summed E-state index contributed by atoms with van der Waals surface area (Å²) < 4.78 is 32.6. The number of imide groups is 1. The summed E-state index contributed by atoms with van der Waals surface area (Å²) in [6, 6.07) is 4.68. The van der Waals surface area contributed by atoms with E-state index in [2.05, 4.69) is 0 Å². The van der Waals surface area contributed by atoms with Gasteiger partial charge in [-0.25, -0.2) is 0 Å². The minimum atomic E-state index is -4.41. The number of aromatic nitrogens is 1. The fourth-order valence-electron chi connectivity index (χ4n) is 2.61. The molecule has 1 aromatic carbocycles. The van der Waals surface area contributed by atoms with Crippen molar-refractivity contribution < 1.29 is 22.6 Å². The number of pyridine rings is 1. The molecule has 3 rings (SSSR count). The number of benzene rings is 1. The van der Waals surface area contributed by atoms with Gasteiger partial charge < -0.3 is 5.73 Å². The lowest BCUT2D eigenvalue weighted by Gasteiger charge is -2.13. The molecule has 2 heterocycles. The Bertz CT molecular complexity index is 1080. The number of nitrogen functional groups attached to an aromatic ring is 1. The number of hydrogen-bond acceptors (Lipinski definition) is 6. The van der Waals surface area contributed by atoms with Gasteiger partial charge in [-0.2, -0.15) is 8.42 Å². The maximum Gasteiger partial charge on any atom is 0.294 e. The summed E-state index contributed by atoms with van der Waals surface area (Å²) in [5.41, 5.74) is 5.37. The first kappa shape index (κ1) is 15.9. The van der Waals surface area contributed by atoms with Crippen molar-refractivity contribution in [3.63, 3.8) is 0 Å². The van der Waals surface area contributed by atoms with Crippen LogP contribution in [0.3, 0.4) is 0 Å². The molecule has 1 aliphatic heterocycles. The van der Waals surface area contributed by atoms with E-state index < -0.39 is 27.5 Å². The molecule has 0 saturated carbocycles. The van der Waals surface area contributed by atoms with Crippen molar-refractivity contribution in [2.75, 3.05) is 5.73 Å². The first-order valence-electron chi connectivity index (χ1n) is 6.61. The van der Waals surface area contributed by atoms with Crippen molar-refractivity contribution in [2.24, 2.45) is 0 Å². The molecule has 9 nitrogen and oxygen atoms in total. The number of hydrogen-bond donors (Lipinski definition) is 3. The average Bonchev–Trinajstić information content (AvgIpc) is 2.72. The monoisotopic (exact) mass is 349 g/mol. The summed E-state index contributed by atoms with van der Waals surface area (Å²) in [6.45, 7) is 1.43. The molecule has 124 valence electrons. The molecular formula is C14H11N3O6S. The molecule has 0 spiro atoms. The lowest BCUT2D eigenvalue weighted by Crippen LogP contribution is -2.24. The Balaban J connectivity index is 2.28. The molecule has 10 heteroatoms. The van der Waals surface area contributed by atoms with E-state index in [1.54, 1.807) is 0 Å². The Hall–Kier alpha value is -2.98. The van der Waals surface area contributed by atoms with E-state index in [4.69, 9.17) is 10.3 Å². The molecule has 0 fully saturated rings. The minimum absolute atomic E-state index is 0.106. The largest absolute Gasteiger partial charge is 0.384 e. The fourth-order valence-corrected chi connectivity index (χ4v) is 3.31. The second kappa shape index (κ2) is 5.01. The van der Waals surface area contributed by atoms with E-state index in [0.717, 1.165) is 16.7 Å². The highest BCUT2D eigenvalue weighted by Crippen LogP contribution is 2.24. The highest BCUT2D eigenvalue weighted by atomic mass is 32.2. The Morgan fingerprint density at radius 2 is 1.79 bits per heavy atom. The molecule has 0 aliphatic carbocycles. The van der Waals surface area contributed by atoms with Gasteiger partial charge >= 0.3 is 0 Å². The molecule has 2 aromatic rings. The van der Waals surface area contributed by atoms with Crippen molar-refractivity contribution >= 4 is 27.8 Å². The van der Waals surface area contributed by atoms with Crippen LogP contribution in [0.15, 0.2) is 34.0 Å². The van der Waals surface area contributed by atoms with Gasteiger partial charge in [0.1, 0.15) is 5.82 Å².